The molecule has 0 amide bonds. The number of nitrogens with two attached hydrogens (primary N) is 1. The molecule has 0 atom stereocenters. The minimum absolute atomic E-state index is 0.00155. The number of nitrogens with one attached hydrogen (secondary N) is 1. The molecule has 0 spiro atoms. The van der Waals surface area contributed by atoms with Crippen LogP contribution in [0.15, 0.2) is 29.3 Å². The maximum Gasteiger partial charge on any atom is 0.173 e. The summed E-state index contributed by atoms with van der Waals surface area (Å²) in [5, 5.41) is 13.9. The van der Waals surface area contributed by atoms with Crippen molar-refractivity contribution in [2.75, 3.05) is 16.8 Å². The number of rotatable bonds is 2. The number of hydrogen-bond acceptors (Lipinski definition) is 5. The Hall–Kier alpha value is -1.69. The van der Waals surface area contributed by atoms with Crippen LogP contribution in [-0.2, 0) is 9.84 Å². The first-order chi connectivity index (χ1) is 8.69. The van der Waals surface area contributed by atoms with Crippen LogP contribution in [0.1, 0.15) is 20.3 Å². The molecule has 1 aliphatic rings. The van der Waals surface area contributed by atoms with Crippen molar-refractivity contribution in [3.63, 3.8) is 0 Å². The fourth-order valence-electron chi connectivity index (χ4n) is 2.34. The largest absolute Gasteiger partial charge is 0.506 e. The van der Waals surface area contributed by atoms with E-state index in [0.29, 0.717) is 23.5 Å². The molecule has 0 saturated carbocycles. The van der Waals surface area contributed by atoms with Crippen molar-refractivity contribution in [1.82, 2.24) is 0 Å². The molecule has 0 fully saturated rings. The summed E-state index contributed by atoms with van der Waals surface area (Å²) in [5.41, 5.74) is 6.71. The Balaban J connectivity index is 2.36. The van der Waals surface area contributed by atoms with Gasteiger partial charge in [-0.2, -0.15) is 0 Å². The highest BCUT2D eigenvalue weighted by molar-refractivity contribution is 7.94. The van der Waals surface area contributed by atoms with Crippen molar-refractivity contribution >= 4 is 21.2 Å². The monoisotopic (exact) mass is 282 g/mol. The number of sulfone groups is 1. The van der Waals surface area contributed by atoms with Gasteiger partial charge in [-0.05, 0) is 24.0 Å². The normalized spacial score (nSPS) is 20.6. The molecule has 4 N–H and O–H groups in total. The van der Waals surface area contributed by atoms with Crippen molar-refractivity contribution in [2.45, 2.75) is 20.3 Å². The predicted molar refractivity (Wildman–Crippen MR) is 76.4 cm³/mol. The number of hydrogen-bond donors (Lipinski definition) is 3. The van der Waals surface area contributed by atoms with Gasteiger partial charge < -0.3 is 16.2 Å². The topological polar surface area (TPSA) is 92.4 Å². The number of anilines is 2. The van der Waals surface area contributed by atoms with Crippen LogP contribution in [-0.4, -0.2) is 19.3 Å². The minimum Gasteiger partial charge on any atom is -0.506 e. The number of allylic oxidation sites excluding steroid dienone is 1. The summed E-state index contributed by atoms with van der Waals surface area (Å²) in [4.78, 5) is 0. The molecule has 19 heavy (non-hydrogen) atoms. The molecule has 0 aliphatic carbocycles. The van der Waals surface area contributed by atoms with Gasteiger partial charge in [-0.25, -0.2) is 8.42 Å². The zero-order valence-electron chi connectivity index (χ0n) is 11.0. The van der Waals surface area contributed by atoms with E-state index in [1.807, 2.05) is 13.8 Å². The minimum atomic E-state index is -3.23. The molecule has 0 unspecified atom stereocenters. The second kappa shape index (κ2) is 4.45. The molecule has 104 valence electrons. The maximum absolute atomic E-state index is 11.8. The predicted octanol–water partition coefficient (Wildman–Crippen LogP) is 2.07. The van der Waals surface area contributed by atoms with E-state index in [9.17, 15) is 13.5 Å². The molecule has 1 heterocycles. The average molecular weight is 282 g/mol. The summed E-state index contributed by atoms with van der Waals surface area (Å²) in [5.74, 6) is 0.128. The van der Waals surface area contributed by atoms with E-state index >= 15 is 0 Å². The highest BCUT2D eigenvalue weighted by atomic mass is 32.2. The smallest absolute Gasteiger partial charge is 0.173 e. The molecule has 2 rings (SSSR count). The highest BCUT2D eigenvalue weighted by Gasteiger charge is 2.31. The third-order valence-corrected chi connectivity index (χ3v) is 4.77. The second-order valence-corrected chi connectivity index (χ2v) is 7.51. The van der Waals surface area contributed by atoms with E-state index in [4.69, 9.17) is 5.73 Å². The van der Waals surface area contributed by atoms with Crippen molar-refractivity contribution in [1.29, 1.82) is 0 Å². The quantitative estimate of drug-likeness (QED) is 0.570. The van der Waals surface area contributed by atoms with E-state index in [1.165, 1.54) is 11.5 Å². The van der Waals surface area contributed by atoms with Gasteiger partial charge in [-0.15, -0.1) is 0 Å². The lowest BCUT2D eigenvalue weighted by molar-refractivity contribution is 0.404. The number of para-hydroxylation sites is 1. The van der Waals surface area contributed by atoms with Crippen molar-refractivity contribution in [3.8, 4) is 5.75 Å². The summed E-state index contributed by atoms with van der Waals surface area (Å²) in [7, 11) is -3.23. The first-order valence-corrected chi connectivity index (χ1v) is 7.68. The van der Waals surface area contributed by atoms with Gasteiger partial charge in [0.1, 0.15) is 11.4 Å². The van der Waals surface area contributed by atoms with Crippen LogP contribution in [0.25, 0.3) is 0 Å². The molecule has 0 bridgehead atoms. The summed E-state index contributed by atoms with van der Waals surface area (Å²) in [6.07, 6.45) is 0.583. The molecule has 0 saturated heterocycles. The lowest BCUT2D eigenvalue weighted by Gasteiger charge is -2.30. The lowest BCUT2D eigenvalue weighted by Crippen LogP contribution is -2.29. The van der Waals surface area contributed by atoms with E-state index in [-0.39, 0.29) is 16.9 Å². The molecule has 6 heteroatoms. The van der Waals surface area contributed by atoms with Crippen LogP contribution in [0, 0.1) is 5.41 Å². The van der Waals surface area contributed by atoms with Crippen molar-refractivity contribution < 1.29 is 13.5 Å². The van der Waals surface area contributed by atoms with Crippen molar-refractivity contribution in [2.24, 2.45) is 5.41 Å². The second-order valence-electron chi connectivity index (χ2n) is 5.66. The van der Waals surface area contributed by atoms with Crippen molar-refractivity contribution in [3.05, 3.63) is 29.3 Å². The van der Waals surface area contributed by atoms with Crippen LogP contribution in [0.3, 0.4) is 0 Å². The fourth-order valence-corrected chi connectivity index (χ4v) is 4.19. The third kappa shape index (κ3) is 3.20. The Kier molecular flexibility index (Phi) is 3.22. The van der Waals surface area contributed by atoms with Gasteiger partial charge in [0.15, 0.2) is 9.84 Å². The van der Waals surface area contributed by atoms with E-state index < -0.39 is 9.84 Å². The Labute approximate surface area is 113 Å². The molecular formula is C13H18N2O3S. The molecular weight excluding hydrogens is 264 g/mol. The molecule has 1 aromatic rings. The molecule has 0 aromatic heterocycles. The van der Waals surface area contributed by atoms with Gasteiger partial charge >= 0.3 is 0 Å². The Morgan fingerprint density at radius 2 is 2.05 bits per heavy atom. The Morgan fingerprint density at radius 3 is 2.63 bits per heavy atom. The van der Waals surface area contributed by atoms with Gasteiger partial charge in [0.2, 0.25) is 0 Å². The fraction of sp³-hybridized carbons (Fsp3) is 0.385. The summed E-state index contributed by atoms with van der Waals surface area (Å²) >= 11 is 0. The van der Waals surface area contributed by atoms with Crippen LogP contribution in [0.5, 0.6) is 5.75 Å². The van der Waals surface area contributed by atoms with Crippen LogP contribution < -0.4 is 11.1 Å². The van der Waals surface area contributed by atoms with Gasteiger partial charge in [-0.1, -0.05) is 19.9 Å². The zero-order chi connectivity index (χ0) is 14.3. The van der Waals surface area contributed by atoms with E-state index in [0.717, 1.165) is 0 Å². The first-order valence-electron chi connectivity index (χ1n) is 5.96. The van der Waals surface area contributed by atoms with E-state index in [1.54, 1.807) is 12.1 Å². The van der Waals surface area contributed by atoms with Gasteiger partial charge in [-0.3, -0.25) is 0 Å². The zero-order valence-corrected chi connectivity index (χ0v) is 11.8. The van der Waals surface area contributed by atoms with Crippen LogP contribution in [0.4, 0.5) is 11.4 Å². The Bertz CT molecular complexity index is 613. The van der Waals surface area contributed by atoms with Crippen LogP contribution in [0.2, 0.25) is 0 Å². The summed E-state index contributed by atoms with van der Waals surface area (Å²) in [6.45, 7) is 3.79. The summed E-state index contributed by atoms with van der Waals surface area (Å²) in [6, 6.07) is 4.78. The number of nitrogen functional groups attached to an aromatic ring is 1. The number of phenolic OH excluding ortho intramolecular Hbond substituents is 1. The van der Waals surface area contributed by atoms with E-state index in [2.05, 4.69) is 5.32 Å². The van der Waals surface area contributed by atoms with Crippen LogP contribution >= 0.6 is 0 Å². The van der Waals surface area contributed by atoms with Gasteiger partial charge in [0.25, 0.3) is 0 Å². The third-order valence-electron chi connectivity index (χ3n) is 2.94. The molecule has 1 aliphatic heterocycles. The highest BCUT2D eigenvalue weighted by Crippen LogP contribution is 2.36. The summed E-state index contributed by atoms with van der Waals surface area (Å²) < 4.78 is 23.7. The number of benzene rings is 1. The number of phenols is 1. The lowest BCUT2D eigenvalue weighted by atomic mass is 9.90. The van der Waals surface area contributed by atoms with Gasteiger partial charge in [0, 0.05) is 11.1 Å². The molecule has 0 radical (unpaired) electrons. The first kappa shape index (κ1) is 13.7. The standard InChI is InChI=1S/C13H18N2O3S/c1-13(2)6-9(7-19(17,18)8-13)15-12-10(14)4-3-5-11(12)16/h3-5,7,15-16H,6,8,14H2,1-2H3. The molecule has 5 nitrogen and oxygen atoms in total. The molecule has 1 aromatic carbocycles. The SMILES string of the molecule is CC1(C)CC(Nc2c(N)cccc2O)=CS(=O)(=O)C1. The Morgan fingerprint density at radius 1 is 1.37 bits per heavy atom. The maximum atomic E-state index is 11.8. The average Bonchev–Trinajstić information content (AvgIpc) is 2.19. The number of aromatic hydroxyl groups is 1. The van der Waals surface area contributed by atoms with Gasteiger partial charge in [0.05, 0.1) is 11.4 Å².